The van der Waals surface area contributed by atoms with Gasteiger partial charge in [0.25, 0.3) is 0 Å². The zero-order chi connectivity index (χ0) is 12.3. The van der Waals surface area contributed by atoms with Gasteiger partial charge in [-0.15, -0.1) is 0 Å². The second kappa shape index (κ2) is 4.71. The topological polar surface area (TPSA) is 44.1 Å². The van der Waals surface area contributed by atoms with Crippen LogP contribution in [0.5, 0.6) is 0 Å². The molecule has 0 spiro atoms. The number of benzene rings is 1. The van der Waals surface area contributed by atoms with Crippen molar-refractivity contribution >= 4 is 16.9 Å². The average molecular weight is 228 g/mol. The number of fused-ring (bicyclic) bond motifs is 1. The highest BCUT2D eigenvalue weighted by Crippen LogP contribution is 2.14. The van der Waals surface area contributed by atoms with E-state index in [9.17, 15) is 4.79 Å². The molecule has 17 heavy (non-hydrogen) atoms. The largest absolute Gasteiger partial charge is 0.468 e. The van der Waals surface area contributed by atoms with Gasteiger partial charge in [0.15, 0.2) is 0 Å². The van der Waals surface area contributed by atoms with E-state index in [0.717, 1.165) is 16.5 Å². The van der Waals surface area contributed by atoms with Crippen LogP contribution in [0.4, 0.5) is 0 Å². The lowest BCUT2D eigenvalue weighted by molar-refractivity contribution is -0.139. The monoisotopic (exact) mass is 228 g/mol. The minimum atomic E-state index is -0.320. The van der Waals surface area contributed by atoms with Gasteiger partial charge in [-0.2, -0.15) is 5.10 Å². The molecule has 0 N–H and O–H groups in total. The normalized spacial score (nSPS) is 9.76. The number of esters is 1. The number of carbonyl (C=O) groups excluding carboxylic acids is 1. The standard InChI is InChI=1S/C13H12N2O2/c1-15-12-8-10(4-3-5-13(16)17-2)6-7-11(12)9-14-15/h6-9H,5H2,1-2H3. The molecule has 0 atom stereocenters. The van der Waals surface area contributed by atoms with Crippen LogP contribution >= 0.6 is 0 Å². The van der Waals surface area contributed by atoms with Crippen LogP contribution in [0.1, 0.15) is 12.0 Å². The molecule has 4 heteroatoms. The van der Waals surface area contributed by atoms with Gasteiger partial charge in [-0.05, 0) is 18.2 Å². The van der Waals surface area contributed by atoms with Crippen LogP contribution in [0.3, 0.4) is 0 Å². The zero-order valence-corrected chi connectivity index (χ0v) is 9.73. The van der Waals surface area contributed by atoms with Gasteiger partial charge in [-0.3, -0.25) is 9.48 Å². The predicted molar refractivity (Wildman–Crippen MR) is 64.2 cm³/mol. The number of hydrogen-bond acceptors (Lipinski definition) is 3. The third-order valence-electron chi connectivity index (χ3n) is 2.44. The van der Waals surface area contributed by atoms with Crippen LogP contribution in [0.2, 0.25) is 0 Å². The molecular weight excluding hydrogens is 216 g/mol. The van der Waals surface area contributed by atoms with E-state index in [1.54, 1.807) is 10.9 Å². The third-order valence-corrected chi connectivity index (χ3v) is 2.44. The lowest BCUT2D eigenvalue weighted by Gasteiger charge is -1.95. The fraction of sp³-hybridized carbons (Fsp3) is 0.231. The molecule has 1 heterocycles. The highest BCUT2D eigenvalue weighted by Gasteiger charge is 1.99. The zero-order valence-electron chi connectivity index (χ0n) is 9.73. The maximum atomic E-state index is 10.9. The van der Waals surface area contributed by atoms with E-state index in [4.69, 9.17) is 0 Å². The Kier molecular flexibility index (Phi) is 3.10. The number of aromatic nitrogens is 2. The van der Waals surface area contributed by atoms with E-state index < -0.39 is 0 Å². The summed E-state index contributed by atoms with van der Waals surface area (Å²) in [6.45, 7) is 0. The predicted octanol–water partition coefficient (Wildman–Crippen LogP) is 1.49. The van der Waals surface area contributed by atoms with E-state index in [1.807, 2.05) is 25.2 Å². The highest BCUT2D eigenvalue weighted by molar-refractivity contribution is 5.80. The van der Waals surface area contributed by atoms with Crippen LogP contribution in [-0.4, -0.2) is 22.9 Å². The van der Waals surface area contributed by atoms with Gasteiger partial charge in [0.2, 0.25) is 0 Å². The quantitative estimate of drug-likeness (QED) is 0.548. The summed E-state index contributed by atoms with van der Waals surface area (Å²) in [6.07, 6.45) is 1.92. The van der Waals surface area contributed by atoms with E-state index in [0.29, 0.717) is 0 Å². The summed E-state index contributed by atoms with van der Waals surface area (Å²) in [6, 6.07) is 5.82. The van der Waals surface area contributed by atoms with Crippen LogP contribution < -0.4 is 0 Å². The van der Waals surface area contributed by atoms with Gasteiger partial charge in [0, 0.05) is 18.0 Å². The Morgan fingerprint density at radius 3 is 3.12 bits per heavy atom. The van der Waals surface area contributed by atoms with E-state index >= 15 is 0 Å². The first-order chi connectivity index (χ1) is 8.20. The molecule has 0 unspecified atom stereocenters. The minimum absolute atomic E-state index is 0.111. The van der Waals surface area contributed by atoms with Crippen LogP contribution in [0, 0.1) is 11.8 Å². The number of hydrogen-bond donors (Lipinski definition) is 0. The number of rotatable bonds is 1. The van der Waals surface area contributed by atoms with E-state index in [1.165, 1.54) is 7.11 Å². The molecule has 4 nitrogen and oxygen atoms in total. The second-order valence-corrected chi connectivity index (χ2v) is 3.60. The molecule has 0 saturated heterocycles. The fourth-order valence-electron chi connectivity index (χ4n) is 1.51. The summed E-state index contributed by atoms with van der Waals surface area (Å²) in [5.74, 6) is 5.38. The lowest BCUT2D eigenvalue weighted by atomic mass is 10.1. The van der Waals surface area contributed by atoms with Gasteiger partial charge in [-0.25, -0.2) is 0 Å². The van der Waals surface area contributed by atoms with Crippen molar-refractivity contribution in [1.29, 1.82) is 0 Å². The third kappa shape index (κ3) is 2.45. The molecule has 0 aliphatic carbocycles. The maximum Gasteiger partial charge on any atom is 0.317 e. The molecule has 0 aliphatic heterocycles. The first kappa shape index (κ1) is 11.2. The Morgan fingerprint density at radius 2 is 2.35 bits per heavy atom. The average Bonchev–Trinajstić information content (AvgIpc) is 2.71. The lowest BCUT2D eigenvalue weighted by Crippen LogP contribution is -1.97. The Balaban J connectivity index is 2.24. The minimum Gasteiger partial charge on any atom is -0.468 e. The maximum absolute atomic E-state index is 10.9. The second-order valence-electron chi connectivity index (χ2n) is 3.60. The Bertz CT molecular complexity index is 617. The first-order valence-corrected chi connectivity index (χ1v) is 5.18. The number of ether oxygens (including phenoxy) is 1. The van der Waals surface area contributed by atoms with Gasteiger partial charge in [0.1, 0.15) is 6.42 Å². The molecule has 1 aromatic heterocycles. The van der Waals surface area contributed by atoms with Crippen molar-refractivity contribution in [2.75, 3.05) is 7.11 Å². The van der Waals surface area contributed by atoms with Gasteiger partial charge in [0.05, 0.1) is 18.8 Å². The summed E-state index contributed by atoms with van der Waals surface area (Å²) in [4.78, 5) is 10.9. The summed E-state index contributed by atoms with van der Waals surface area (Å²) >= 11 is 0. The van der Waals surface area contributed by atoms with E-state index in [-0.39, 0.29) is 12.4 Å². The van der Waals surface area contributed by atoms with Gasteiger partial charge in [-0.1, -0.05) is 11.8 Å². The molecule has 0 aliphatic rings. The molecule has 0 radical (unpaired) electrons. The first-order valence-electron chi connectivity index (χ1n) is 5.18. The smallest absolute Gasteiger partial charge is 0.317 e. The number of carbonyl (C=O) groups is 1. The Labute approximate surface area is 99.2 Å². The SMILES string of the molecule is COC(=O)CC#Cc1ccc2cnn(C)c2c1. The summed E-state index contributed by atoms with van der Waals surface area (Å²) in [5.41, 5.74) is 1.89. The number of aryl methyl sites for hydroxylation is 1. The molecule has 0 amide bonds. The van der Waals surface area contributed by atoms with Crippen molar-refractivity contribution in [2.24, 2.45) is 7.05 Å². The highest BCUT2D eigenvalue weighted by atomic mass is 16.5. The molecule has 2 rings (SSSR count). The molecule has 0 saturated carbocycles. The van der Waals surface area contributed by atoms with E-state index in [2.05, 4.69) is 21.7 Å². The van der Waals surface area contributed by atoms with Crippen LogP contribution in [0.15, 0.2) is 24.4 Å². The summed E-state index contributed by atoms with van der Waals surface area (Å²) in [7, 11) is 3.24. The molecule has 86 valence electrons. The van der Waals surface area contributed by atoms with Crippen molar-refractivity contribution in [1.82, 2.24) is 9.78 Å². The molecule has 0 bridgehead atoms. The fourth-order valence-corrected chi connectivity index (χ4v) is 1.51. The summed E-state index contributed by atoms with van der Waals surface area (Å²) < 4.78 is 6.30. The molecule has 0 fully saturated rings. The van der Waals surface area contributed by atoms with Crippen molar-refractivity contribution in [2.45, 2.75) is 6.42 Å². The number of nitrogens with zero attached hydrogens (tertiary/aromatic N) is 2. The van der Waals surface area contributed by atoms with Crippen molar-refractivity contribution in [3.05, 3.63) is 30.0 Å². The van der Waals surface area contributed by atoms with Crippen molar-refractivity contribution in [3.63, 3.8) is 0 Å². The Morgan fingerprint density at radius 1 is 1.53 bits per heavy atom. The van der Waals surface area contributed by atoms with Crippen LogP contribution in [-0.2, 0) is 16.6 Å². The Hall–Kier alpha value is -2.28. The van der Waals surface area contributed by atoms with Crippen molar-refractivity contribution < 1.29 is 9.53 Å². The molecular formula is C13H12N2O2. The number of methoxy groups -OCH3 is 1. The molecule has 2 aromatic rings. The van der Waals surface area contributed by atoms with Gasteiger partial charge >= 0.3 is 5.97 Å². The summed E-state index contributed by atoms with van der Waals surface area (Å²) in [5, 5.41) is 5.23. The van der Waals surface area contributed by atoms with Crippen LogP contribution in [0.25, 0.3) is 10.9 Å². The molecule has 1 aromatic carbocycles. The van der Waals surface area contributed by atoms with Crippen molar-refractivity contribution in [3.8, 4) is 11.8 Å². The van der Waals surface area contributed by atoms with Gasteiger partial charge < -0.3 is 4.74 Å².